The Bertz CT molecular complexity index is 864. The molecule has 1 atom stereocenters. The highest BCUT2D eigenvalue weighted by atomic mass is 16.5. The molecule has 7 heteroatoms. The van der Waals surface area contributed by atoms with Crippen molar-refractivity contribution in [1.82, 2.24) is 15.1 Å². The van der Waals surface area contributed by atoms with Gasteiger partial charge in [-0.05, 0) is 29.8 Å². The van der Waals surface area contributed by atoms with E-state index in [1.807, 2.05) is 35.2 Å². The summed E-state index contributed by atoms with van der Waals surface area (Å²) in [4.78, 5) is 31.1. The lowest BCUT2D eigenvalue weighted by Gasteiger charge is -2.35. The number of hydrogen-bond donors (Lipinski definition) is 1. The minimum Gasteiger partial charge on any atom is -0.497 e. The number of nitrogens with one attached hydrogen (secondary N) is 1. The van der Waals surface area contributed by atoms with E-state index in [2.05, 4.69) is 34.5 Å². The summed E-state index contributed by atoms with van der Waals surface area (Å²) in [6.07, 6.45) is 0.325. The van der Waals surface area contributed by atoms with E-state index < -0.39 is 0 Å². The third-order valence-corrected chi connectivity index (χ3v) is 5.75. The molecule has 3 amide bonds. The number of methoxy groups -OCH3 is 1. The summed E-state index contributed by atoms with van der Waals surface area (Å²) < 4.78 is 5.17. The lowest BCUT2D eigenvalue weighted by atomic mass is 10.2. The van der Waals surface area contributed by atoms with Crippen LogP contribution in [0.3, 0.4) is 0 Å². The van der Waals surface area contributed by atoms with Gasteiger partial charge in [0, 0.05) is 51.4 Å². The van der Waals surface area contributed by atoms with E-state index in [-0.39, 0.29) is 18.0 Å². The van der Waals surface area contributed by atoms with Crippen molar-refractivity contribution in [2.24, 2.45) is 0 Å². The second kappa shape index (κ2) is 9.17. The van der Waals surface area contributed by atoms with E-state index in [0.29, 0.717) is 26.1 Å². The summed E-state index contributed by atoms with van der Waals surface area (Å²) in [5.41, 5.74) is 2.12. The lowest BCUT2D eigenvalue weighted by Crippen LogP contribution is -2.53. The number of benzene rings is 2. The van der Waals surface area contributed by atoms with Crippen molar-refractivity contribution < 1.29 is 14.3 Å². The first kappa shape index (κ1) is 20.2. The monoisotopic (exact) mass is 408 g/mol. The quantitative estimate of drug-likeness (QED) is 0.825. The maximum Gasteiger partial charge on any atom is 0.317 e. The number of rotatable bonds is 5. The second-order valence-electron chi connectivity index (χ2n) is 7.80. The van der Waals surface area contributed by atoms with Crippen LogP contribution in [0.25, 0.3) is 0 Å². The number of piperazine rings is 1. The van der Waals surface area contributed by atoms with Crippen molar-refractivity contribution >= 4 is 17.6 Å². The van der Waals surface area contributed by atoms with Crippen LogP contribution in [0.4, 0.5) is 10.5 Å². The predicted octanol–water partition coefficient (Wildman–Crippen LogP) is 2.33. The highest BCUT2D eigenvalue weighted by Gasteiger charge is 2.33. The van der Waals surface area contributed by atoms with Gasteiger partial charge in [-0.3, -0.25) is 9.69 Å². The average Bonchev–Trinajstić information content (AvgIpc) is 3.15. The number of hydrogen-bond acceptors (Lipinski definition) is 4. The van der Waals surface area contributed by atoms with Crippen molar-refractivity contribution in [2.45, 2.75) is 19.0 Å². The van der Waals surface area contributed by atoms with Gasteiger partial charge in [-0.1, -0.05) is 30.3 Å². The Morgan fingerprint density at radius 1 is 1.03 bits per heavy atom. The third kappa shape index (κ3) is 4.74. The summed E-state index contributed by atoms with van der Waals surface area (Å²) in [7, 11) is 1.61. The smallest absolute Gasteiger partial charge is 0.317 e. The van der Waals surface area contributed by atoms with Crippen LogP contribution in [-0.2, 0) is 11.3 Å². The number of nitrogens with zero attached hydrogens (tertiary/aromatic N) is 3. The highest BCUT2D eigenvalue weighted by Crippen LogP contribution is 2.24. The molecule has 0 saturated carbocycles. The predicted molar refractivity (Wildman–Crippen MR) is 116 cm³/mol. The Hall–Kier alpha value is -3.06. The van der Waals surface area contributed by atoms with Gasteiger partial charge < -0.3 is 19.9 Å². The molecule has 2 fully saturated rings. The van der Waals surface area contributed by atoms with Crippen LogP contribution in [0.2, 0.25) is 0 Å². The van der Waals surface area contributed by atoms with E-state index >= 15 is 0 Å². The Labute approximate surface area is 177 Å². The molecule has 30 heavy (non-hydrogen) atoms. The molecule has 0 spiro atoms. The topological polar surface area (TPSA) is 65.1 Å². The number of anilines is 1. The maximum atomic E-state index is 12.7. The van der Waals surface area contributed by atoms with Crippen LogP contribution in [-0.4, -0.2) is 67.6 Å². The van der Waals surface area contributed by atoms with Gasteiger partial charge in [0.05, 0.1) is 13.2 Å². The van der Waals surface area contributed by atoms with E-state index in [9.17, 15) is 9.59 Å². The van der Waals surface area contributed by atoms with Gasteiger partial charge in [0.2, 0.25) is 5.91 Å². The summed E-state index contributed by atoms with van der Waals surface area (Å²) in [5.74, 6) is 0.778. The fraction of sp³-hybridized carbons (Fsp3) is 0.391. The number of urea groups is 1. The first-order valence-corrected chi connectivity index (χ1v) is 10.4. The Morgan fingerprint density at radius 3 is 2.40 bits per heavy atom. The van der Waals surface area contributed by atoms with Crippen molar-refractivity contribution in [3.05, 3.63) is 60.2 Å². The van der Waals surface area contributed by atoms with Crippen molar-refractivity contribution in [3.63, 3.8) is 0 Å². The van der Waals surface area contributed by atoms with Crippen LogP contribution in [0.1, 0.15) is 12.0 Å². The summed E-state index contributed by atoms with van der Waals surface area (Å²) in [5, 5.41) is 3.05. The summed E-state index contributed by atoms with van der Waals surface area (Å²) >= 11 is 0. The fourth-order valence-electron chi connectivity index (χ4n) is 4.03. The van der Waals surface area contributed by atoms with E-state index in [4.69, 9.17) is 4.74 Å². The molecule has 2 saturated heterocycles. The number of carbonyl (C=O) groups is 2. The summed E-state index contributed by atoms with van der Waals surface area (Å²) in [6, 6.07) is 17.5. The van der Waals surface area contributed by atoms with Crippen LogP contribution in [0.15, 0.2) is 54.6 Å². The molecule has 0 aromatic heterocycles. The maximum absolute atomic E-state index is 12.7. The van der Waals surface area contributed by atoms with Gasteiger partial charge >= 0.3 is 6.03 Å². The normalized spacial score (nSPS) is 19.8. The van der Waals surface area contributed by atoms with E-state index in [1.165, 1.54) is 5.56 Å². The molecule has 2 aromatic rings. The Kier molecular flexibility index (Phi) is 6.18. The van der Waals surface area contributed by atoms with Gasteiger partial charge in [0.1, 0.15) is 5.75 Å². The highest BCUT2D eigenvalue weighted by molar-refractivity contribution is 5.96. The standard InChI is InChI=1S/C23H28N4O3/c1-30-21-9-7-20(8-10-21)27-17-19(15-22(27)28)24-23(29)26-13-11-25(12-14-26)16-18-5-3-2-4-6-18/h2-10,19H,11-17H2,1H3,(H,24,29). The number of amides is 3. The molecule has 1 unspecified atom stereocenters. The molecule has 158 valence electrons. The molecule has 1 N–H and O–H groups in total. The van der Waals surface area contributed by atoms with Crippen molar-refractivity contribution in [2.75, 3.05) is 44.7 Å². The Morgan fingerprint density at radius 2 is 1.73 bits per heavy atom. The van der Waals surface area contributed by atoms with Crippen LogP contribution >= 0.6 is 0 Å². The van der Waals surface area contributed by atoms with Gasteiger partial charge in [0.25, 0.3) is 0 Å². The van der Waals surface area contributed by atoms with Gasteiger partial charge in [-0.15, -0.1) is 0 Å². The average molecular weight is 409 g/mol. The Balaban J connectivity index is 1.26. The zero-order valence-corrected chi connectivity index (χ0v) is 17.3. The SMILES string of the molecule is COc1ccc(N2CC(NC(=O)N3CCN(Cc4ccccc4)CC3)CC2=O)cc1. The first-order valence-electron chi connectivity index (χ1n) is 10.4. The molecule has 2 heterocycles. The molecule has 0 bridgehead atoms. The molecule has 2 aliphatic rings. The van der Waals surface area contributed by atoms with Crippen molar-refractivity contribution in [3.8, 4) is 5.75 Å². The minimum absolute atomic E-state index is 0.0261. The van der Waals surface area contributed by atoms with E-state index in [1.54, 1.807) is 12.0 Å². The van der Waals surface area contributed by atoms with Gasteiger partial charge in [0.15, 0.2) is 0 Å². The van der Waals surface area contributed by atoms with Gasteiger partial charge in [-0.2, -0.15) is 0 Å². The van der Waals surface area contributed by atoms with Crippen LogP contribution in [0, 0.1) is 0 Å². The minimum atomic E-state index is -0.172. The molecule has 2 aliphatic heterocycles. The zero-order valence-electron chi connectivity index (χ0n) is 17.3. The first-order chi connectivity index (χ1) is 14.6. The van der Waals surface area contributed by atoms with Gasteiger partial charge in [-0.25, -0.2) is 4.79 Å². The van der Waals surface area contributed by atoms with Crippen LogP contribution < -0.4 is 15.0 Å². The fourth-order valence-corrected chi connectivity index (χ4v) is 4.03. The zero-order chi connectivity index (χ0) is 20.9. The lowest BCUT2D eigenvalue weighted by molar-refractivity contribution is -0.117. The molecule has 0 radical (unpaired) electrons. The van der Waals surface area contributed by atoms with Crippen molar-refractivity contribution in [1.29, 1.82) is 0 Å². The van der Waals surface area contributed by atoms with E-state index in [0.717, 1.165) is 31.1 Å². The largest absolute Gasteiger partial charge is 0.497 e. The molecule has 2 aromatic carbocycles. The molecule has 7 nitrogen and oxygen atoms in total. The molecular weight excluding hydrogens is 380 g/mol. The summed E-state index contributed by atoms with van der Waals surface area (Å²) in [6.45, 7) is 4.49. The second-order valence-corrected chi connectivity index (χ2v) is 7.80. The molecule has 4 rings (SSSR count). The third-order valence-electron chi connectivity index (χ3n) is 5.75. The number of carbonyl (C=O) groups excluding carboxylic acids is 2. The molecule has 0 aliphatic carbocycles. The number of ether oxygens (including phenoxy) is 1. The van der Waals surface area contributed by atoms with Crippen LogP contribution in [0.5, 0.6) is 5.75 Å². The molecular formula is C23H28N4O3.